The number of fused-ring (bicyclic) bond motifs is 1. The fourth-order valence-corrected chi connectivity index (χ4v) is 5.08. The second kappa shape index (κ2) is 10.6. The van der Waals surface area contributed by atoms with Gasteiger partial charge in [0.15, 0.2) is 5.16 Å². The molecule has 0 saturated carbocycles. The molecular formula is C23H30N4O4S2. The van der Waals surface area contributed by atoms with E-state index in [4.69, 9.17) is 9.72 Å². The number of methoxy groups -OCH3 is 1. The third-order valence-electron chi connectivity index (χ3n) is 5.21. The van der Waals surface area contributed by atoms with E-state index in [1.807, 2.05) is 6.92 Å². The average molecular weight is 491 g/mol. The van der Waals surface area contributed by atoms with Gasteiger partial charge in [0.2, 0.25) is 15.9 Å². The second-order valence-electron chi connectivity index (χ2n) is 7.82. The molecule has 10 heteroatoms. The van der Waals surface area contributed by atoms with Crippen molar-refractivity contribution < 1.29 is 17.9 Å². The Balaban J connectivity index is 1.87. The van der Waals surface area contributed by atoms with Gasteiger partial charge < -0.3 is 14.6 Å². The summed E-state index contributed by atoms with van der Waals surface area (Å²) >= 11 is 1.36. The number of hydrogen-bond donors (Lipinski definition) is 1. The van der Waals surface area contributed by atoms with Gasteiger partial charge in [0, 0.05) is 26.3 Å². The van der Waals surface area contributed by atoms with Crippen molar-refractivity contribution in [1.82, 2.24) is 13.9 Å². The van der Waals surface area contributed by atoms with E-state index in [0.29, 0.717) is 16.4 Å². The van der Waals surface area contributed by atoms with E-state index in [0.717, 1.165) is 30.7 Å². The number of ether oxygens (including phenoxy) is 1. The predicted molar refractivity (Wildman–Crippen MR) is 132 cm³/mol. The Bertz CT molecular complexity index is 1220. The molecule has 1 amide bonds. The number of nitrogens with one attached hydrogen (secondary N) is 1. The Morgan fingerprint density at radius 3 is 2.52 bits per heavy atom. The molecule has 0 fully saturated rings. The fraction of sp³-hybridized carbons (Fsp3) is 0.391. The van der Waals surface area contributed by atoms with Crippen molar-refractivity contribution in [3.8, 4) is 5.75 Å². The van der Waals surface area contributed by atoms with Crippen LogP contribution in [-0.4, -0.2) is 54.6 Å². The standard InChI is InChI=1S/C23H30N4O4S2/c1-6-7-14-27-21-13-12-19(33(29,30)26(3)4)15-20(21)25-23(27)32-16(2)22(28)24-17-8-10-18(31-5)11-9-17/h8-13,15-16H,6-7,14H2,1-5H3,(H,24,28). The third kappa shape index (κ3) is 5.69. The largest absolute Gasteiger partial charge is 0.497 e. The zero-order valence-electron chi connectivity index (χ0n) is 19.5. The monoisotopic (exact) mass is 490 g/mol. The van der Waals surface area contributed by atoms with Crippen LogP contribution in [0.1, 0.15) is 26.7 Å². The first-order valence-corrected chi connectivity index (χ1v) is 13.0. The van der Waals surface area contributed by atoms with Crippen LogP contribution >= 0.6 is 11.8 Å². The number of aromatic nitrogens is 2. The minimum Gasteiger partial charge on any atom is -0.497 e. The molecule has 0 saturated heterocycles. The Labute approximate surface area is 199 Å². The number of carbonyl (C=O) groups is 1. The first-order chi connectivity index (χ1) is 15.7. The van der Waals surface area contributed by atoms with Crippen molar-refractivity contribution in [3.63, 3.8) is 0 Å². The molecule has 178 valence electrons. The van der Waals surface area contributed by atoms with Crippen LogP contribution in [0.4, 0.5) is 5.69 Å². The number of anilines is 1. The lowest BCUT2D eigenvalue weighted by Gasteiger charge is -2.14. The van der Waals surface area contributed by atoms with Gasteiger partial charge in [-0.3, -0.25) is 4.79 Å². The van der Waals surface area contributed by atoms with Gasteiger partial charge in [-0.25, -0.2) is 17.7 Å². The molecule has 0 radical (unpaired) electrons. The van der Waals surface area contributed by atoms with Crippen LogP contribution in [0, 0.1) is 0 Å². The van der Waals surface area contributed by atoms with E-state index in [1.165, 1.54) is 30.2 Å². The van der Waals surface area contributed by atoms with Gasteiger partial charge in [0.25, 0.3) is 0 Å². The maximum Gasteiger partial charge on any atom is 0.242 e. The van der Waals surface area contributed by atoms with Crippen LogP contribution in [-0.2, 0) is 21.4 Å². The molecule has 1 heterocycles. The number of hydrogen-bond acceptors (Lipinski definition) is 6. The molecule has 1 N–H and O–H groups in total. The van der Waals surface area contributed by atoms with Crippen LogP contribution < -0.4 is 10.1 Å². The van der Waals surface area contributed by atoms with Gasteiger partial charge in [0.1, 0.15) is 5.75 Å². The highest BCUT2D eigenvalue weighted by atomic mass is 32.2. The van der Waals surface area contributed by atoms with Crippen molar-refractivity contribution in [1.29, 1.82) is 0 Å². The first kappa shape index (κ1) is 25.1. The Morgan fingerprint density at radius 2 is 1.91 bits per heavy atom. The van der Waals surface area contributed by atoms with Crippen LogP contribution in [0.2, 0.25) is 0 Å². The number of nitrogens with zero attached hydrogens (tertiary/aromatic N) is 3. The van der Waals surface area contributed by atoms with Gasteiger partial charge in [-0.1, -0.05) is 25.1 Å². The smallest absolute Gasteiger partial charge is 0.242 e. The molecule has 2 aromatic carbocycles. The third-order valence-corrected chi connectivity index (χ3v) is 8.11. The van der Waals surface area contributed by atoms with Crippen LogP contribution in [0.25, 0.3) is 11.0 Å². The number of thioether (sulfide) groups is 1. The van der Waals surface area contributed by atoms with Crippen molar-refractivity contribution in [2.45, 2.75) is 48.5 Å². The molecule has 0 aliphatic heterocycles. The van der Waals surface area contributed by atoms with Crippen LogP contribution in [0.15, 0.2) is 52.5 Å². The van der Waals surface area contributed by atoms with Gasteiger partial charge in [-0.15, -0.1) is 0 Å². The van der Waals surface area contributed by atoms with Crippen LogP contribution in [0.5, 0.6) is 5.75 Å². The topological polar surface area (TPSA) is 93.5 Å². The molecule has 0 spiro atoms. The Kier molecular flexibility index (Phi) is 8.04. The van der Waals surface area contributed by atoms with Crippen molar-refractivity contribution in [3.05, 3.63) is 42.5 Å². The number of benzene rings is 2. The lowest BCUT2D eigenvalue weighted by Crippen LogP contribution is -2.22. The minimum atomic E-state index is -3.56. The summed E-state index contributed by atoms with van der Waals surface area (Å²) in [5.74, 6) is 0.575. The molecule has 33 heavy (non-hydrogen) atoms. The molecule has 1 aromatic heterocycles. The quantitative estimate of drug-likeness (QED) is 0.428. The average Bonchev–Trinajstić information content (AvgIpc) is 3.13. The van der Waals surface area contributed by atoms with Crippen molar-refractivity contribution >= 4 is 44.4 Å². The maximum atomic E-state index is 12.8. The van der Waals surface area contributed by atoms with Gasteiger partial charge in [0.05, 0.1) is 28.3 Å². The molecule has 0 aliphatic carbocycles. The zero-order chi connectivity index (χ0) is 24.2. The van der Waals surface area contributed by atoms with Crippen molar-refractivity contribution in [2.75, 3.05) is 26.5 Å². The summed E-state index contributed by atoms with van der Waals surface area (Å²) in [4.78, 5) is 17.7. The summed E-state index contributed by atoms with van der Waals surface area (Å²) in [7, 11) is 1.04. The predicted octanol–water partition coefficient (Wildman–Crippen LogP) is 4.21. The molecular weight excluding hydrogens is 460 g/mol. The summed E-state index contributed by atoms with van der Waals surface area (Å²) in [6.45, 7) is 4.68. The number of sulfonamides is 1. The molecule has 3 rings (SSSR count). The van der Waals surface area contributed by atoms with E-state index in [1.54, 1.807) is 49.6 Å². The minimum absolute atomic E-state index is 0.143. The second-order valence-corrected chi connectivity index (χ2v) is 11.3. The van der Waals surface area contributed by atoms with E-state index in [-0.39, 0.29) is 10.8 Å². The van der Waals surface area contributed by atoms with E-state index >= 15 is 0 Å². The van der Waals surface area contributed by atoms with E-state index in [2.05, 4.69) is 16.8 Å². The van der Waals surface area contributed by atoms with Gasteiger partial charge in [-0.05, 0) is 55.8 Å². The number of aryl methyl sites for hydroxylation is 1. The molecule has 1 atom stereocenters. The molecule has 1 unspecified atom stereocenters. The lowest BCUT2D eigenvalue weighted by atomic mass is 10.3. The summed E-state index contributed by atoms with van der Waals surface area (Å²) in [5.41, 5.74) is 2.14. The number of unbranched alkanes of at least 4 members (excludes halogenated alkanes) is 1. The highest BCUT2D eigenvalue weighted by Crippen LogP contribution is 2.30. The summed E-state index contributed by atoms with van der Waals surface area (Å²) in [6.07, 6.45) is 1.95. The highest BCUT2D eigenvalue weighted by Gasteiger charge is 2.22. The Hall–Kier alpha value is -2.56. The summed E-state index contributed by atoms with van der Waals surface area (Å²) in [5, 5.41) is 3.20. The molecule has 8 nitrogen and oxygen atoms in total. The summed E-state index contributed by atoms with van der Waals surface area (Å²) < 4.78 is 33.5. The van der Waals surface area contributed by atoms with Gasteiger partial charge in [-0.2, -0.15) is 0 Å². The number of amides is 1. The van der Waals surface area contributed by atoms with Gasteiger partial charge >= 0.3 is 0 Å². The SMILES string of the molecule is CCCCn1c(SC(C)C(=O)Nc2ccc(OC)cc2)nc2cc(S(=O)(=O)N(C)C)ccc21. The molecule has 3 aromatic rings. The number of carbonyl (C=O) groups excluding carboxylic acids is 1. The lowest BCUT2D eigenvalue weighted by molar-refractivity contribution is -0.115. The first-order valence-electron chi connectivity index (χ1n) is 10.7. The highest BCUT2D eigenvalue weighted by molar-refractivity contribution is 8.00. The van der Waals surface area contributed by atoms with E-state index in [9.17, 15) is 13.2 Å². The van der Waals surface area contributed by atoms with Crippen LogP contribution in [0.3, 0.4) is 0 Å². The molecule has 0 bridgehead atoms. The zero-order valence-corrected chi connectivity index (χ0v) is 21.2. The number of rotatable bonds is 10. The summed E-state index contributed by atoms with van der Waals surface area (Å²) in [6, 6.07) is 12.2. The number of imidazole rings is 1. The Morgan fingerprint density at radius 1 is 1.21 bits per heavy atom. The fourth-order valence-electron chi connectivity index (χ4n) is 3.21. The molecule has 0 aliphatic rings. The van der Waals surface area contributed by atoms with Crippen molar-refractivity contribution in [2.24, 2.45) is 0 Å². The van der Waals surface area contributed by atoms with E-state index < -0.39 is 15.3 Å². The maximum absolute atomic E-state index is 12.8. The normalized spacial score (nSPS) is 12.8.